The monoisotopic (exact) mass is 286 g/mol. The van der Waals surface area contributed by atoms with E-state index in [0.29, 0.717) is 12.0 Å². The van der Waals surface area contributed by atoms with Crippen LogP contribution in [0.2, 0.25) is 0 Å². The summed E-state index contributed by atoms with van der Waals surface area (Å²) in [6.45, 7) is 1.93. The molecule has 0 spiro atoms. The molecule has 0 saturated carbocycles. The average molecular weight is 286 g/mol. The molecule has 2 aliphatic heterocycles. The van der Waals surface area contributed by atoms with Crippen molar-refractivity contribution in [3.05, 3.63) is 29.3 Å². The molecule has 2 heterocycles. The molecule has 108 valence electrons. The molecule has 2 atom stereocenters. The van der Waals surface area contributed by atoms with Crippen LogP contribution in [-0.4, -0.2) is 28.8 Å². The lowest BCUT2D eigenvalue weighted by atomic mass is 9.99. The molecule has 2 N–H and O–H groups in total. The molecule has 0 aliphatic carbocycles. The largest absolute Gasteiger partial charge is 0.490 e. The minimum absolute atomic E-state index is 0.0657. The number of ether oxygens (including phenoxy) is 1. The predicted molar refractivity (Wildman–Crippen MR) is 65.5 cm³/mol. The van der Waals surface area contributed by atoms with Gasteiger partial charge in [0.25, 0.3) is 5.72 Å². The smallest absolute Gasteiger partial charge is 0.438 e. The first-order chi connectivity index (χ1) is 9.28. The van der Waals surface area contributed by atoms with Crippen molar-refractivity contribution in [3.63, 3.8) is 0 Å². The zero-order chi connectivity index (χ0) is 14.5. The van der Waals surface area contributed by atoms with Crippen LogP contribution in [0, 0.1) is 0 Å². The van der Waals surface area contributed by atoms with Gasteiger partial charge in [0.1, 0.15) is 11.9 Å². The van der Waals surface area contributed by atoms with Gasteiger partial charge in [-0.1, -0.05) is 0 Å². The van der Waals surface area contributed by atoms with Crippen LogP contribution in [0.15, 0.2) is 23.3 Å². The van der Waals surface area contributed by atoms with E-state index in [4.69, 9.17) is 4.74 Å². The number of hydrogen-bond donors (Lipinski definition) is 2. The number of hydrogen-bond acceptors (Lipinski definition) is 4. The third-order valence-electron chi connectivity index (χ3n) is 3.50. The second kappa shape index (κ2) is 4.12. The highest BCUT2D eigenvalue weighted by Crippen LogP contribution is 2.36. The number of nitrogens with one attached hydrogen (secondary N) is 1. The van der Waals surface area contributed by atoms with Gasteiger partial charge in [0.2, 0.25) is 0 Å². The molecule has 1 aromatic carbocycles. The van der Waals surface area contributed by atoms with Gasteiger partial charge in [-0.3, -0.25) is 5.43 Å². The van der Waals surface area contributed by atoms with E-state index in [0.717, 1.165) is 11.3 Å². The molecule has 0 aromatic heterocycles. The average Bonchev–Trinajstić information content (AvgIpc) is 2.90. The summed E-state index contributed by atoms with van der Waals surface area (Å²) in [7, 11) is 0. The van der Waals surface area contributed by atoms with Crippen LogP contribution in [0.3, 0.4) is 0 Å². The van der Waals surface area contributed by atoms with Gasteiger partial charge in [-0.25, -0.2) is 0 Å². The number of alkyl halides is 3. The Labute approximate surface area is 113 Å². The lowest BCUT2D eigenvalue weighted by molar-refractivity contribution is -0.266. The van der Waals surface area contributed by atoms with Crippen LogP contribution >= 0.6 is 0 Å². The van der Waals surface area contributed by atoms with E-state index in [1.807, 2.05) is 6.92 Å². The van der Waals surface area contributed by atoms with Crippen LogP contribution in [-0.2, 0) is 6.42 Å². The maximum Gasteiger partial charge on any atom is 0.438 e. The van der Waals surface area contributed by atoms with E-state index in [2.05, 4.69) is 5.10 Å². The lowest BCUT2D eigenvalue weighted by Crippen LogP contribution is -2.52. The SMILES string of the molecule is C[C@@H]1Cc2cc(C3=NN[C@@](O)(C(F)(F)F)C3)ccc2O1. The number of halogens is 3. The van der Waals surface area contributed by atoms with E-state index in [1.54, 1.807) is 23.6 Å². The minimum Gasteiger partial charge on any atom is -0.490 e. The van der Waals surface area contributed by atoms with E-state index in [-0.39, 0.29) is 11.8 Å². The maximum atomic E-state index is 12.7. The van der Waals surface area contributed by atoms with Gasteiger partial charge in [-0.2, -0.15) is 18.3 Å². The summed E-state index contributed by atoms with van der Waals surface area (Å²) in [5.41, 5.74) is 0.500. The molecule has 2 aliphatic rings. The molecule has 0 unspecified atom stereocenters. The number of rotatable bonds is 1. The van der Waals surface area contributed by atoms with E-state index < -0.39 is 18.3 Å². The summed E-state index contributed by atoms with van der Waals surface area (Å²) < 4.78 is 43.6. The van der Waals surface area contributed by atoms with Crippen molar-refractivity contribution in [1.29, 1.82) is 0 Å². The second-order valence-electron chi connectivity index (χ2n) is 5.16. The van der Waals surface area contributed by atoms with Crippen LogP contribution < -0.4 is 10.2 Å². The van der Waals surface area contributed by atoms with Crippen molar-refractivity contribution in [2.75, 3.05) is 0 Å². The van der Waals surface area contributed by atoms with E-state index >= 15 is 0 Å². The van der Waals surface area contributed by atoms with Gasteiger partial charge in [-0.05, 0) is 36.2 Å². The number of aliphatic hydroxyl groups is 1. The van der Waals surface area contributed by atoms with E-state index in [9.17, 15) is 18.3 Å². The van der Waals surface area contributed by atoms with Gasteiger partial charge in [-0.15, -0.1) is 0 Å². The van der Waals surface area contributed by atoms with Crippen molar-refractivity contribution in [1.82, 2.24) is 5.43 Å². The zero-order valence-electron chi connectivity index (χ0n) is 10.7. The molecule has 7 heteroatoms. The number of benzene rings is 1. The Morgan fingerprint density at radius 1 is 1.45 bits per heavy atom. The highest BCUT2D eigenvalue weighted by atomic mass is 19.4. The van der Waals surface area contributed by atoms with Crippen LogP contribution in [0.1, 0.15) is 24.5 Å². The molecule has 0 saturated heterocycles. The van der Waals surface area contributed by atoms with Crippen molar-refractivity contribution >= 4 is 5.71 Å². The first kappa shape index (κ1) is 13.2. The third-order valence-corrected chi connectivity index (χ3v) is 3.50. The summed E-state index contributed by atoms with van der Waals surface area (Å²) >= 11 is 0. The molecule has 0 amide bonds. The van der Waals surface area contributed by atoms with Gasteiger partial charge in [0, 0.05) is 6.42 Å². The van der Waals surface area contributed by atoms with Crippen molar-refractivity contribution in [2.24, 2.45) is 5.10 Å². The molecular formula is C13H13F3N2O2. The Morgan fingerprint density at radius 3 is 2.85 bits per heavy atom. The highest BCUT2D eigenvalue weighted by Gasteiger charge is 2.57. The van der Waals surface area contributed by atoms with Crippen LogP contribution in [0.4, 0.5) is 13.2 Å². The lowest BCUT2D eigenvalue weighted by Gasteiger charge is -2.24. The van der Waals surface area contributed by atoms with Gasteiger partial charge >= 0.3 is 6.18 Å². The summed E-state index contributed by atoms with van der Waals surface area (Å²) in [5, 5.41) is 13.1. The Balaban J connectivity index is 1.85. The molecule has 0 radical (unpaired) electrons. The fourth-order valence-electron chi connectivity index (χ4n) is 2.41. The first-order valence-electron chi connectivity index (χ1n) is 6.21. The normalized spacial score (nSPS) is 28.6. The summed E-state index contributed by atoms with van der Waals surface area (Å²) in [6.07, 6.45) is -4.60. The maximum absolute atomic E-state index is 12.7. The van der Waals surface area contributed by atoms with Gasteiger partial charge in [0.15, 0.2) is 0 Å². The van der Waals surface area contributed by atoms with Crippen LogP contribution in [0.25, 0.3) is 0 Å². The Morgan fingerprint density at radius 2 is 2.20 bits per heavy atom. The first-order valence-corrected chi connectivity index (χ1v) is 6.21. The molecule has 1 aromatic rings. The van der Waals surface area contributed by atoms with Gasteiger partial charge in [0.05, 0.1) is 12.1 Å². The molecule has 3 rings (SSSR count). The summed E-state index contributed by atoms with van der Waals surface area (Å²) in [4.78, 5) is 0. The zero-order valence-corrected chi connectivity index (χ0v) is 10.7. The Bertz CT molecular complexity index is 585. The third kappa shape index (κ3) is 2.02. The predicted octanol–water partition coefficient (Wildman–Crippen LogP) is 1.96. The van der Waals surface area contributed by atoms with Gasteiger partial charge < -0.3 is 9.84 Å². The Kier molecular flexibility index (Phi) is 2.72. The molecule has 4 nitrogen and oxygen atoms in total. The topological polar surface area (TPSA) is 53.9 Å². The number of nitrogens with zero attached hydrogens (tertiary/aromatic N) is 1. The molecule has 0 bridgehead atoms. The number of fused-ring (bicyclic) bond motifs is 1. The quantitative estimate of drug-likeness (QED) is 0.829. The summed E-state index contributed by atoms with van der Waals surface area (Å²) in [5.74, 6) is 0.749. The number of hydrazone groups is 1. The van der Waals surface area contributed by atoms with Crippen molar-refractivity contribution in [2.45, 2.75) is 37.8 Å². The van der Waals surface area contributed by atoms with Crippen molar-refractivity contribution < 1.29 is 23.0 Å². The standard InChI is InChI=1S/C13H13F3N2O2/c1-7-4-9-5-8(2-3-11(9)20-7)10-6-12(19,18-17-10)13(14,15)16/h2-3,5,7,18-19H,4,6H2,1H3/t7-,12+/m1/s1. The van der Waals surface area contributed by atoms with E-state index in [1.165, 1.54) is 0 Å². The van der Waals surface area contributed by atoms with Crippen molar-refractivity contribution in [3.8, 4) is 5.75 Å². The minimum atomic E-state index is -4.77. The molecular weight excluding hydrogens is 273 g/mol. The Hall–Kier alpha value is -1.76. The summed E-state index contributed by atoms with van der Waals surface area (Å²) in [6, 6.07) is 5.14. The fourth-order valence-corrected chi connectivity index (χ4v) is 2.41. The molecule has 20 heavy (non-hydrogen) atoms. The second-order valence-corrected chi connectivity index (χ2v) is 5.16. The van der Waals surface area contributed by atoms with Crippen LogP contribution in [0.5, 0.6) is 5.75 Å². The fraction of sp³-hybridized carbons (Fsp3) is 0.462. The molecule has 0 fully saturated rings. The highest BCUT2D eigenvalue weighted by molar-refractivity contribution is 6.02.